The molecular formula is C70H87BN2SSi. The largest absolute Gasteiger partial charge is 0.311 e. The number of allylic oxidation sites excluding steroid dienone is 4. The third kappa shape index (κ3) is 8.28. The topological polar surface area (TPSA) is 6.48 Å². The molecule has 0 spiro atoms. The van der Waals surface area contributed by atoms with Crippen LogP contribution in [-0.4, -0.2) is 14.8 Å². The number of nitrogens with zero attached hydrogens (tertiary/aromatic N) is 2. The lowest BCUT2D eigenvalue weighted by atomic mass is 9.33. The molecule has 3 aliphatic carbocycles. The maximum atomic E-state index is 4.75. The van der Waals surface area contributed by atoms with Crippen LogP contribution in [0.1, 0.15) is 177 Å². The average Bonchev–Trinajstić information content (AvgIpc) is 3.79. The Morgan fingerprint density at radius 2 is 1.15 bits per heavy atom. The third-order valence-corrected chi connectivity index (χ3v) is 23.2. The van der Waals surface area contributed by atoms with Gasteiger partial charge in [0, 0.05) is 33.1 Å². The molecule has 5 aromatic carbocycles. The number of fused-ring (bicyclic) bond motifs is 8. The van der Waals surface area contributed by atoms with Gasteiger partial charge >= 0.3 is 0 Å². The van der Waals surface area contributed by atoms with Crippen LogP contribution < -0.4 is 31.4 Å². The monoisotopic (exact) mass is 1030 g/mol. The second kappa shape index (κ2) is 16.8. The highest BCUT2D eigenvalue weighted by Crippen LogP contribution is 2.55. The number of anilines is 5. The lowest BCUT2D eigenvalue weighted by Crippen LogP contribution is -2.61. The minimum Gasteiger partial charge on any atom is -0.311 e. The van der Waals surface area contributed by atoms with Crippen molar-refractivity contribution >= 4 is 85.5 Å². The molecule has 0 radical (unpaired) electrons. The molecule has 5 heteroatoms. The Hall–Kier alpha value is -4.84. The summed E-state index contributed by atoms with van der Waals surface area (Å²) in [6, 6.07) is 35.3. The van der Waals surface area contributed by atoms with Crippen molar-refractivity contribution in [3.05, 3.63) is 148 Å². The SMILES string of the molecule is C=C/C(=C\C1=C(C)C(C)(C)CCC1(C)C)N1c2cc(-c3ccc([Si](C)(C)C)cc3)cc3c2B(c2cc4c(cc2N3c2ccc3c(c2)C(C)(C)CCC3(C)C)C(C)(C)CCC4(C)C)c2c1sc1cc(C(C)(C)C)ccc21. The van der Waals surface area contributed by atoms with Gasteiger partial charge in [-0.15, -0.1) is 11.3 Å². The number of benzene rings is 5. The lowest BCUT2D eigenvalue weighted by Gasteiger charge is -2.48. The minimum absolute atomic E-state index is 0.00117. The molecular weight excluding hydrogens is 940 g/mol. The fourth-order valence-corrected chi connectivity index (χ4v) is 16.6. The molecule has 1 aromatic heterocycles. The molecule has 75 heavy (non-hydrogen) atoms. The van der Waals surface area contributed by atoms with Crippen LogP contribution in [-0.2, 0) is 27.1 Å². The van der Waals surface area contributed by atoms with Crippen LogP contribution in [0, 0.1) is 10.8 Å². The van der Waals surface area contributed by atoms with Crippen molar-refractivity contribution in [3.63, 3.8) is 0 Å². The van der Waals surface area contributed by atoms with Crippen LogP contribution >= 0.6 is 11.3 Å². The molecule has 3 heterocycles. The van der Waals surface area contributed by atoms with Crippen LogP contribution in [0.5, 0.6) is 0 Å². The Morgan fingerprint density at radius 3 is 1.75 bits per heavy atom. The van der Waals surface area contributed by atoms with E-state index in [1.54, 1.807) is 0 Å². The Labute approximate surface area is 458 Å². The molecule has 390 valence electrons. The summed E-state index contributed by atoms with van der Waals surface area (Å²) >= 11 is 1.99. The molecule has 2 aliphatic heterocycles. The number of hydrogen-bond acceptors (Lipinski definition) is 3. The van der Waals surface area contributed by atoms with Gasteiger partial charge in [0.05, 0.1) is 13.1 Å². The molecule has 0 bridgehead atoms. The molecule has 0 amide bonds. The van der Waals surface area contributed by atoms with E-state index in [-0.39, 0.29) is 44.6 Å². The highest BCUT2D eigenvalue weighted by Gasteiger charge is 2.49. The molecule has 0 unspecified atom stereocenters. The van der Waals surface area contributed by atoms with Crippen molar-refractivity contribution in [3.8, 4) is 11.1 Å². The summed E-state index contributed by atoms with van der Waals surface area (Å²) in [6.45, 7) is 51.4. The van der Waals surface area contributed by atoms with Gasteiger partial charge in [0.15, 0.2) is 0 Å². The van der Waals surface area contributed by atoms with Gasteiger partial charge in [0.1, 0.15) is 0 Å². The van der Waals surface area contributed by atoms with Crippen LogP contribution in [0.15, 0.2) is 121 Å². The molecule has 6 aromatic rings. The van der Waals surface area contributed by atoms with E-state index in [1.807, 2.05) is 11.3 Å². The first-order valence-electron chi connectivity index (χ1n) is 28.6. The molecule has 0 atom stereocenters. The van der Waals surface area contributed by atoms with Gasteiger partial charge in [0.2, 0.25) is 0 Å². The summed E-state index contributed by atoms with van der Waals surface area (Å²) in [5.74, 6) is 0. The van der Waals surface area contributed by atoms with E-state index in [9.17, 15) is 0 Å². The highest BCUT2D eigenvalue weighted by molar-refractivity contribution is 7.26. The van der Waals surface area contributed by atoms with E-state index in [1.165, 1.54) is 142 Å². The van der Waals surface area contributed by atoms with Crippen molar-refractivity contribution in [2.45, 2.75) is 196 Å². The van der Waals surface area contributed by atoms with Gasteiger partial charge in [0.25, 0.3) is 6.71 Å². The second-order valence-corrected chi connectivity index (χ2v) is 36.1. The summed E-state index contributed by atoms with van der Waals surface area (Å²) in [6.07, 6.45) is 11.8. The molecule has 2 nitrogen and oxygen atoms in total. The van der Waals surface area contributed by atoms with E-state index in [4.69, 9.17) is 6.58 Å². The van der Waals surface area contributed by atoms with Crippen LogP contribution in [0.25, 0.3) is 21.2 Å². The first kappa shape index (κ1) is 52.2. The molecule has 0 N–H and O–H groups in total. The molecule has 0 saturated carbocycles. The highest BCUT2D eigenvalue weighted by atomic mass is 32.1. The number of rotatable bonds is 6. The fraction of sp³-hybridized carbons (Fsp3) is 0.457. The second-order valence-electron chi connectivity index (χ2n) is 29.9. The average molecular weight is 1030 g/mol. The van der Waals surface area contributed by atoms with Crippen molar-refractivity contribution in [1.82, 2.24) is 0 Å². The zero-order chi connectivity index (χ0) is 54.1. The molecule has 11 rings (SSSR count). The predicted molar refractivity (Wildman–Crippen MR) is 335 cm³/mol. The lowest BCUT2D eigenvalue weighted by molar-refractivity contribution is 0.267. The van der Waals surface area contributed by atoms with Gasteiger partial charge in [-0.3, -0.25) is 0 Å². The first-order valence-corrected chi connectivity index (χ1v) is 32.9. The number of thiophene rings is 1. The van der Waals surface area contributed by atoms with Crippen LogP contribution in [0.3, 0.4) is 0 Å². The van der Waals surface area contributed by atoms with Crippen molar-refractivity contribution in [1.29, 1.82) is 0 Å². The summed E-state index contributed by atoms with van der Waals surface area (Å²) in [7, 11) is -1.55. The van der Waals surface area contributed by atoms with Crippen molar-refractivity contribution in [2.24, 2.45) is 10.8 Å². The molecule has 5 aliphatic rings. The maximum absolute atomic E-state index is 4.75. The first-order chi connectivity index (χ1) is 34.8. The van der Waals surface area contributed by atoms with Crippen molar-refractivity contribution in [2.75, 3.05) is 9.80 Å². The van der Waals surface area contributed by atoms with E-state index in [0.717, 1.165) is 12.1 Å². The Kier molecular flexibility index (Phi) is 11.7. The smallest absolute Gasteiger partial charge is 0.254 e. The fourth-order valence-electron chi connectivity index (χ4n) is 14.1. The zero-order valence-corrected chi connectivity index (χ0v) is 51.4. The Bertz CT molecular complexity index is 3440. The van der Waals surface area contributed by atoms with Crippen molar-refractivity contribution < 1.29 is 0 Å². The van der Waals surface area contributed by atoms with Gasteiger partial charge in [-0.2, -0.15) is 0 Å². The third-order valence-electron chi connectivity index (χ3n) is 20.0. The standard InChI is InChI=1S/C70H87BN2SSi/c1-21-47(39-52-43(2)65(6,7)30-31-67(52,10)11)73-59-37-45(44-22-26-49(27-23-44)75(18,19)20)36-58-62(59)71(61-50-28-24-46(64(3,4)5)38-60(50)74-63(61)73)56-41-54-55(70(16,17)35-34-69(54,14)15)42-57(56)72(58)48-25-29-51-53(40-48)68(12,13)33-32-66(51,8)9/h21-29,36-42H,1,30-35H2,2-20H3/b47-39+. The zero-order valence-electron chi connectivity index (χ0n) is 49.6. The summed E-state index contributed by atoms with van der Waals surface area (Å²) in [5.41, 5.74) is 23.7. The van der Waals surface area contributed by atoms with Gasteiger partial charge in [-0.1, -0.05) is 189 Å². The molecule has 0 saturated heterocycles. The van der Waals surface area contributed by atoms with E-state index in [0.29, 0.717) is 0 Å². The quantitative estimate of drug-likeness (QED) is 0.121. The summed E-state index contributed by atoms with van der Waals surface area (Å²) in [4.78, 5) is 5.43. The summed E-state index contributed by atoms with van der Waals surface area (Å²) < 4.78 is 1.36. The summed E-state index contributed by atoms with van der Waals surface area (Å²) in [5, 5.41) is 4.17. The predicted octanol–water partition coefficient (Wildman–Crippen LogP) is 18.1. The Balaban J connectivity index is 1.31. The van der Waals surface area contributed by atoms with Gasteiger partial charge in [-0.05, 0) is 198 Å². The maximum Gasteiger partial charge on any atom is 0.254 e. The van der Waals surface area contributed by atoms with Gasteiger partial charge in [-0.25, -0.2) is 0 Å². The molecule has 0 fully saturated rings. The van der Waals surface area contributed by atoms with Crippen LogP contribution in [0.4, 0.5) is 27.8 Å². The van der Waals surface area contributed by atoms with Gasteiger partial charge < -0.3 is 9.80 Å². The van der Waals surface area contributed by atoms with E-state index >= 15 is 0 Å². The van der Waals surface area contributed by atoms with E-state index in [2.05, 4.69) is 237 Å². The van der Waals surface area contributed by atoms with E-state index < -0.39 is 8.07 Å². The minimum atomic E-state index is -1.55. The Morgan fingerprint density at radius 1 is 0.587 bits per heavy atom. The van der Waals surface area contributed by atoms with Crippen LogP contribution in [0.2, 0.25) is 19.6 Å². The number of hydrogen-bond donors (Lipinski definition) is 0. The normalized spacial score (nSPS) is 20.8.